The number of fused-ring (bicyclic) bond motifs is 10. The molecule has 0 N–H and O–H groups in total. The minimum Gasteiger partial charge on any atom is -0.309 e. The van der Waals surface area contributed by atoms with Crippen molar-refractivity contribution in [1.82, 2.24) is 9.13 Å². The van der Waals surface area contributed by atoms with Crippen LogP contribution in [0.1, 0.15) is 0 Å². The molecule has 0 radical (unpaired) electrons. The number of nitrogens with zero attached hydrogens (tertiary/aromatic N) is 2. The maximum absolute atomic E-state index is 2.50. The first-order valence-corrected chi connectivity index (χ1v) is 20.8. The summed E-state index contributed by atoms with van der Waals surface area (Å²) in [4.78, 5) is 0. The van der Waals surface area contributed by atoms with Crippen LogP contribution in [0, 0.1) is 0 Å². The molecule has 0 fully saturated rings. The Morgan fingerprint density at radius 3 is 1.52 bits per heavy atom. The van der Waals surface area contributed by atoms with Gasteiger partial charge in [-0.05, 0) is 133 Å². The zero-order chi connectivity index (χ0) is 39.3. The molecule has 278 valence electrons. The summed E-state index contributed by atoms with van der Waals surface area (Å²) in [6.07, 6.45) is 0. The fraction of sp³-hybridized carbons (Fsp3) is 0. The van der Waals surface area contributed by atoms with Crippen molar-refractivity contribution in [2.24, 2.45) is 0 Å². The molecule has 1 aliphatic rings. The van der Waals surface area contributed by atoms with Gasteiger partial charge in [0.25, 0.3) is 0 Å². The molecule has 10 aromatic carbocycles. The highest BCUT2D eigenvalue weighted by Crippen LogP contribution is 2.51. The summed E-state index contributed by atoms with van der Waals surface area (Å²) < 4.78 is 4.89. The number of aromatic nitrogens is 2. The third kappa shape index (κ3) is 4.82. The van der Waals surface area contributed by atoms with E-state index in [0.717, 1.165) is 5.69 Å². The Bertz CT molecular complexity index is 3700. The normalized spacial score (nSPS) is 12.0. The molecule has 0 amide bonds. The van der Waals surface area contributed by atoms with Gasteiger partial charge in [0, 0.05) is 32.9 Å². The fourth-order valence-electron chi connectivity index (χ4n) is 10.2. The Hall–Kier alpha value is -7.94. The van der Waals surface area contributed by atoms with Gasteiger partial charge in [0.1, 0.15) is 0 Å². The van der Waals surface area contributed by atoms with Crippen LogP contribution < -0.4 is 0 Å². The highest BCUT2D eigenvalue weighted by Gasteiger charge is 2.26. The van der Waals surface area contributed by atoms with Crippen LogP contribution in [0.2, 0.25) is 0 Å². The van der Waals surface area contributed by atoms with Crippen LogP contribution in [0.5, 0.6) is 0 Å². The van der Waals surface area contributed by atoms with Crippen molar-refractivity contribution in [3.8, 4) is 67.0 Å². The number of hydrogen-bond donors (Lipinski definition) is 0. The molecule has 0 aliphatic heterocycles. The molecule has 12 aromatic rings. The maximum Gasteiger partial charge on any atom is 0.0553 e. The summed E-state index contributed by atoms with van der Waals surface area (Å²) in [7, 11) is 0. The minimum atomic E-state index is 1.15. The molecule has 0 bridgehead atoms. The van der Waals surface area contributed by atoms with Gasteiger partial charge in [0.05, 0.1) is 22.1 Å². The molecule has 2 aromatic heterocycles. The molecular weight excluding hydrogens is 725 g/mol. The molecule has 0 spiro atoms. The van der Waals surface area contributed by atoms with Gasteiger partial charge in [0.2, 0.25) is 0 Å². The van der Waals surface area contributed by atoms with E-state index in [1.807, 2.05) is 0 Å². The lowest BCUT2D eigenvalue weighted by molar-refractivity contribution is 1.18. The van der Waals surface area contributed by atoms with Crippen LogP contribution >= 0.6 is 0 Å². The minimum absolute atomic E-state index is 1.15. The van der Waals surface area contributed by atoms with Gasteiger partial charge in [-0.2, -0.15) is 0 Å². The van der Waals surface area contributed by atoms with E-state index in [1.54, 1.807) is 0 Å². The highest BCUT2D eigenvalue weighted by molar-refractivity contribution is 6.29. The van der Waals surface area contributed by atoms with E-state index >= 15 is 0 Å². The molecule has 0 saturated heterocycles. The Morgan fingerprint density at radius 1 is 0.217 bits per heavy atom. The van der Waals surface area contributed by atoms with Gasteiger partial charge >= 0.3 is 0 Å². The average Bonchev–Trinajstić information content (AvgIpc) is 3.95. The molecule has 0 atom stereocenters. The summed E-state index contributed by atoms with van der Waals surface area (Å²) in [6.45, 7) is 0. The van der Waals surface area contributed by atoms with E-state index in [0.29, 0.717) is 0 Å². The molecular formula is C58H36N2. The lowest BCUT2D eigenvalue weighted by Gasteiger charge is -2.12. The van der Waals surface area contributed by atoms with E-state index in [1.165, 1.54) is 116 Å². The first-order valence-electron chi connectivity index (χ1n) is 20.8. The second-order valence-corrected chi connectivity index (χ2v) is 16.1. The standard InChI is InChI=1S/C58H36N2/c1-3-14-37(15-4-1)38-16-11-17-39(32-38)40-18-12-21-44(33-40)60-55-31-29-42(41-28-30-54-50(34-41)47-24-9-10-27-53(47)59(54)43-19-5-2-6-20-43)35-52(55)58-49-26-13-25-48-45-22-7-8-23-46(45)51(57(48)49)36-56(58)60/h1-36H. The predicted molar refractivity (Wildman–Crippen MR) is 253 cm³/mol. The lowest BCUT2D eigenvalue weighted by atomic mass is 9.96. The lowest BCUT2D eigenvalue weighted by Crippen LogP contribution is -1.95. The van der Waals surface area contributed by atoms with Crippen LogP contribution in [0.15, 0.2) is 218 Å². The largest absolute Gasteiger partial charge is 0.309 e. The smallest absolute Gasteiger partial charge is 0.0553 e. The van der Waals surface area contributed by atoms with Crippen LogP contribution in [0.4, 0.5) is 0 Å². The fourth-order valence-corrected chi connectivity index (χ4v) is 10.2. The molecule has 2 nitrogen and oxygen atoms in total. The van der Waals surface area contributed by atoms with Crippen LogP contribution in [0.3, 0.4) is 0 Å². The summed E-state index contributed by atoms with van der Waals surface area (Å²) in [5, 5.41) is 7.70. The first-order chi connectivity index (χ1) is 29.8. The third-order valence-corrected chi connectivity index (χ3v) is 12.8. The molecule has 13 rings (SSSR count). The van der Waals surface area contributed by atoms with Gasteiger partial charge in [-0.3, -0.25) is 0 Å². The third-order valence-electron chi connectivity index (χ3n) is 12.8. The second kappa shape index (κ2) is 12.8. The number of hydrogen-bond acceptors (Lipinski definition) is 0. The van der Waals surface area contributed by atoms with Crippen molar-refractivity contribution in [2.45, 2.75) is 0 Å². The zero-order valence-electron chi connectivity index (χ0n) is 32.7. The van der Waals surface area contributed by atoms with Crippen molar-refractivity contribution in [1.29, 1.82) is 0 Å². The second-order valence-electron chi connectivity index (χ2n) is 16.1. The summed E-state index contributed by atoms with van der Waals surface area (Å²) >= 11 is 0. The quantitative estimate of drug-likeness (QED) is 0.165. The van der Waals surface area contributed by atoms with Gasteiger partial charge in [0.15, 0.2) is 0 Å². The molecule has 0 unspecified atom stereocenters. The molecule has 60 heavy (non-hydrogen) atoms. The Morgan fingerprint density at radius 2 is 0.717 bits per heavy atom. The van der Waals surface area contributed by atoms with E-state index < -0.39 is 0 Å². The Labute approximate surface area is 347 Å². The molecule has 2 heteroatoms. The van der Waals surface area contributed by atoms with Crippen LogP contribution in [0.25, 0.3) is 121 Å². The summed E-state index contributed by atoms with van der Waals surface area (Å²) in [5.74, 6) is 0. The number of benzene rings is 10. The van der Waals surface area contributed by atoms with E-state index in [2.05, 4.69) is 228 Å². The Balaban J connectivity index is 1.05. The van der Waals surface area contributed by atoms with Crippen LogP contribution in [-0.4, -0.2) is 9.13 Å². The van der Waals surface area contributed by atoms with Gasteiger partial charge in [-0.15, -0.1) is 0 Å². The zero-order valence-corrected chi connectivity index (χ0v) is 32.7. The number of para-hydroxylation sites is 2. The molecule has 2 heterocycles. The van der Waals surface area contributed by atoms with Gasteiger partial charge < -0.3 is 9.13 Å². The van der Waals surface area contributed by atoms with Crippen molar-refractivity contribution >= 4 is 54.4 Å². The van der Waals surface area contributed by atoms with Crippen molar-refractivity contribution in [3.05, 3.63) is 218 Å². The maximum atomic E-state index is 2.50. The highest BCUT2D eigenvalue weighted by atomic mass is 15.0. The van der Waals surface area contributed by atoms with Gasteiger partial charge in [-0.25, -0.2) is 0 Å². The molecule has 1 aliphatic carbocycles. The first kappa shape index (κ1) is 33.1. The van der Waals surface area contributed by atoms with Gasteiger partial charge in [-0.1, -0.05) is 152 Å². The predicted octanol–water partition coefficient (Wildman–Crippen LogP) is 15.7. The SMILES string of the molecule is c1ccc(-c2cccc(-c3cccc(-n4c5ccc(-c6ccc7c(c6)c6ccccc6n7-c6ccccc6)cc5c5c6cccc7c6c(cc54)-c4ccccc4-7)c3)c2)cc1. The van der Waals surface area contributed by atoms with Crippen LogP contribution in [-0.2, 0) is 0 Å². The monoisotopic (exact) mass is 760 g/mol. The van der Waals surface area contributed by atoms with Crippen molar-refractivity contribution in [2.75, 3.05) is 0 Å². The van der Waals surface area contributed by atoms with E-state index in [4.69, 9.17) is 0 Å². The summed E-state index contributed by atoms with van der Waals surface area (Å²) in [5.41, 5.74) is 19.6. The number of rotatable bonds is 5. The van der Waals surface area contributed by atoms with E-state index in [-0.39, 0.29) is 0 Å². The average molecular weight is 761 g/mol. The van der Waals surface area contributed by atoms with E-state index in [9.17, 15) is 0 Å². The summed E-state index contributed by atoms with van der Waals surface area (Å²) in [6, 6.07) is 80.4. The Kier molecular flexibility index (Phi) is 7.05. The van der Waals surface area contributed by atoms with Crippen molar-refractivity contribution in [3.63, 3.8) is 0 Å². The molecule has 0 saturated carbocycles. The van der Waals surface area contributed by atoms with Crippen molar-refractivity contribution < 1.29 is 0 Å². The topological polar surface area (TPSA) is 9.86 Å².